The Balaban J connectivity index is 2.23. The van der Waals surface area contributed by atoms with Crippen molar-refractivity contribution in [2.45, 2.75) is 18.3 Å². The molecule has 15 heavy (non-hydrogen) atoms. The predicted octanol–water partition coefficient (Wildman–Crippen LogP) is 2.50. The Hall–Kier alpha value is -1.04. The Kier molecular flexibility index (Phi) is 2.68. The molecule has 0 radical (unpaired) electrons. The van der Waals surface area contributed by atoms with Gasteiger partial charge in [0.2, 0.25) is 0 Å². The van der Waals surface area contributed by atoms with Gasteiger partial charge in [-0.2, -0.15) is 5.26 Å². The Morgan fingerprint density at radius 1 is 1.40 bits per heavy atom. The van der Waals surface area contributed by atoms with Crippen LogP contribution in [-0.4, -0.2) is 11.7 Å². The van der Waals surface area contributed by atoms with Gasteiger partial charge in [-0.05, 0) is 36.5 Å². The number of aliphatic hydroxyl groups is 1. The van der Waals surface area contributed by atoms with Gasteiger partial charge < -0.3 is 5.11 Å². The predicted molar refractivity (Wildman–Crippen MR) is 58.6 cm³/mol. The molecule has 1 saturated carbocycles. The minimum Gasteiger partial charge on any atom is -0.396 e. The highest BCUT2D eigenvalue weighted by Gasteiger charge is 2.45. The molecule has 1 aromatic carbocycles. The van der Waals surface area contributed by atoms with E-state index >= 15 is 0 Å². The van der Waals surface area contributed by atoms with E-state index in [1.165, 1.54) is 0 Å². The normalized spacial score (nSPS) is 29.3. The van der Waals surface area contributed by atoms with Gasteiger partial charge >= 0.3 is 0 Å². The van der Waals surface area contributed by atoms with Crippen LogP contribution in [0.15, 0.2) is 24.3 Å². The van der Waals surface area contributed by atoms with E-state index in [1.54, 1.807) is 0 Å². The number of aliphatic hydroxyl groups excluding tert-OH is 1. The maximum atomic E-state index is 9.21. The molecule has 0 aliphatic heterocycles. The molecule has 1 aliphatic carbocycles. The van der Waals surface area contributed by atoms with Crippen LogP contribution in [0, 0.1) is 17.2 Å². The topological polar surface area (TPSA) is 44.0 Å². The van der Waals surface area contributed by atoms with Gasteiger partial charge in [0.1, 0.15) is 0 Å². The van der Waals surface area contributed by atoms with Gasteiger partial charge in [0.15, 0.2) is 0 Å². The van der Waals surface area contributed by atoms with Crippen LogP contribution in [0.1, 0.15) is 18.4 Å². The molecular formula is C12H12ClNO. The lowest BCUT2D eigenvalue weighted by Gasteiger charge is -2.42. The second kappa shape index (κ2) is 3.84. The number of hydrogen-bond acceptors (Lipinski definition) is 2. The van der Waals surface area contributed by atoms with E-state index in [-0.39, 0.29) is 12.5 Å². The summed E-state index contributed by atoms with van der Waals surface area (Å²) in [5.74, 6) is 0.278. The summed E-state index contributed by atoms with van der Waals surface area (Å²) in [7, 11) is 0. The lowest BCUT2D eigenvalue weighted by Crippen LogP contribution is -2.41. The van der Waals surface area contributed by atoms with Crippen LogP contribution < -0.4 is 0 Å². The number of benzene rings is 1. The van der Waals surface area contributed by atoms with E-state index in [0.29, 0.717) is 5.02 Å². The lowest BCUT2D eigenvalue weighted by molar-refractivity contribution is 0.109. The average Bonchev–Trinajstić information content (AvgIpc) is 2.20. The van der Waals surface area contributed by atoms with Crippen molar-refractivity contribution in [3.8, 4) is 6.07 Å². The molecule has 3 heteroatoms. The Labute approximate surface area is 94.1 Å². The van der Waals surface area contributed by atoms with Gasteiger partial charge in [0, 0.05) is 11.6 Å². The molecule has 2 rings (SSSR count). The largest absolute Gasteiger partial charge is 0.396 e. The van der Waals surface area contributed by atoms with Crippen molar-refractivity contribution < 1.29 is 5.11 Å². The number of nitriles is 1. The number of halogens is 1. The molecule has 1 aliphatic rings. The van der Waals surface area contributed by atoms with Crippen molar-refractivity contribution in [3.63, 3.8) is 0 Å². The highest BCUT2D eigenvalue weighted by atomic mass is 35.5. The van der Waals surface area contributed by atoms with E-state index in [1.807, 2.05) is 24.3 Å². The number of nitrogens with zero attached hydrogens (tertiary/aromatic N) is 1. The van der Waals surface area contributed by atoms with Crippen LogP contribution in [0.2, 0.25) is 5.02 Å². The maximum absolute atomic E-state index is 9.21. The first-order valence-electron chi connectivity index (χ1n) is 4.98. The molecule has 0 atom stereocenters. The molecule has 0 aromatic heterocycles. The highest BCUT2D eigenvalue weighted by Crippen LogP contribution is 2.47. The summed E-state index contributed by atoms with van der Waals surface area (Å²) in [6.07, 6.45) is 1.50. The third kappa shape index (κ3) is 1.73. The van der Waals surface area contributed by atoms with Crippen LogP contribution in [0.25, 0.3) is 0 Å². The molecular weight excluding hydrogens is 210 g/mol. The van der Waals surface area contributed by atoms with Gasteiger partial charge in [-0.25, -0.2) is 0 Å². The minimum absolute atomic E-state index is 0.178. The van der Waals surface area contributed by atoms with Crippen LogP contribution in [0.5, 0.6) is 0 Å². The summed E-state index contributed by atoms with van der Waals surface area (Å²) in [5, 5.41) is 18.9. The molecule has 1 aromatic rings. The van der Waals surface area contributed by atoms with Crippen molar-refractivity contribution in [2.75, 3.05) is 6.61 Å². The second-order valence-electron chi connectivity index (χ2n) is 4.16. The summed E-state index contributed by atoms with van der Waals surface area (Å²) < 4.78 is 0. The molecule has 0 saturated heterocycles. The van der Waals surface area contributed by atoms with Gasteiger partial charge in [-0.1, -0.05) is 23.7 Å². The number of rotatable bonds is 2. The van der Waals surface area contributed by atoms with Gasteiger partial charge in [0.25, 0.3) is 0 Å². The zero-order valence-corrected chi connectivity index (χ0v) is 9.04. The summed E-state index contributed by atoms with van der Waals surface area (Å²) in [6.45, 7) is 0.178. The van der Waals surface area contributed by atoms with Crippen LogP contribution in [0.4, 0.5) is 0 Å². The monoisotopic (exact) mass is 221 g/mol. The second-order valence-corrected chi connectivity index (χ2v) is 4.59. The van der Waals surface area contributed by atoms with E-state index < -0.39 is 5.41 Å². The quantitative estimate of drug-likeness (QED) is 0.834. The summed E-state index contributed by atoms with van der Waals surface area (Å²) in [4.78, 5) is 0. The van der Waals surface area contributed by atoms with Gasteiger partial charge in [-0.3, -0.25) is 0 Å². The Morgan fingerprint density at radius 2 is 2.00 bits per heavy atom. The molecule has 2 nitrogen and oxygen atoms in total. The van der Waals surface area contributed by atoms with Crippen LogP contribution in [0.3, 0.4) is 0 Å². The first kappa shape index (κ1) is 10.5. The molecule has 0 amide bonds. The molecule has 0 bridgehead atoms. The van der Waals surface area contributed by atoms with E-state index in [9.17, 15) is 5.26 Å². The molecule has 0 heterocycles. The van der Waals surface area contributed by atoms with Crippen molar-refractivity contribution in [1.82, 2.24) is 0 Å². The summed E-state index contributed by atoms with van der Waals surface area (Å²) in [6, 6.07) is 9.78. The van der Waals surface area contributed by atoms with E-state index in [4.69, 9.17) is 16.7 Å². The van der Waals surface area contributed by atoms with Crippen molar-refractivity contribution in [1.29, 1.82) is 5.26 Å². The van der Waals surface area contributed by atoms with E-state index in [0.717, 1.165) is 18.4 Å². The van der Waals surface area contributed by atoms with Crippen molar-refractivity contribution in [2.24, 2.45) is 5.92 Å². The third-order valence-corrected chi connectivity index (χ3v) is 3.40. The Bertz CT molecular complexity index is 387. The molecule has 0 spiro atoms. The maximum Gasteiger partial charge on any atom is 0.0829 e. The Morgan fingerprint density at radius 3 is 2.47 bits per heavy atom. The fourth-order valence-corrected chi connectivity index (χ4v) is 2.34. The van der Waals surface area contributed by atoms with Crippen LogP contribution >= 0.6 is 11.6 Å². The van der Waals surface area contributed by atoms with Crippen LogP contribution in [-0.2, 0) is 5.41 Å². The van der Waals surface area contributed by atoms with Crippen molar-refractivity contribution in [3.05, 3.63) is 34.9 Å². The van der Waals surface area contributed by atoms with Gasteiger partial charge in [0.05, 0.1) is 11.5 Å². The smallest absolute Gasteiger partial charge is 0.0829 e. The minimum atomic E-state index is -0.391. The SMILES string of the molecule is N#CC1(c2ccc(Cl)cc2)CC(CO)C1. The lowest BCUT2D eigenvalue weighted by atomic mass is 9.60. The van der Waals surface area contributed by atoms with Gasteiger partial charge in [-0.15, -0.1) is 0 Å². The first-order chi connectivity index (χ1) is 7.20. The highest BCUT2D eigenvalue weighted by molar-refractivity contribution is 6.30. The molecule has 1 fully saturated rings. The molecule has 0 unspecified atom stereocenters. The third-order valence-electron chi connectivity index (χ3n) is 3.14. The molecule has 1 N–H and O–H groups in total. The number of hydrogen-bond donors (Lipinski definition) is 1. The standard InChI is InChI=1S/C12H12ClNO/c13-11-3-1-10(2-4-11)12(8-14)5-9(6-12)7-15/h1-4,9,15H,5-7H2. The zero-order chi connectivity index (χ0) is 10.9. The zero-order valence-electron chi connectivity index (χ0n) is 8.28. The fraction of sp³-hybridized carbons (Fsp3) is 0.417. The average molecular weight is 222 g/mol. The summed E-state index contributed by atoms with van der Waals surface area (Å²) in [5.41, 5.74) is 0.622. The fourth-order valence-electron chi connectivity index (χ4n) is 2.22. The molecule has 78 valence electrons. The summed E-state index contributed by atoms with van der Waals surface area (Å²) >= 11 is 5.80. The van der Waals surface area contributed by atoms with E-state index in [2.05, 4.69) is 6.07 Å². The first-order valence-corrected chi connectivity index (χ1v) is 5.36. The van der Waals surface area contributed by atoms with Crippen molar-refractivity contribution >= 4 is 11.6 Å².